The molecule has 36 heavy (non-hydrogen) atoms. The molecule has 178 valence electrons. The molecule has 1 aromatic heterocycles. The van der Waals surface area contributed by atoms with Crippen molar-refractivity contribution in [3.05, 3.63) is 77.9 Å². The van der Waals surface area contributed by atoms with Crippen molar-refractivity contribution in [2.45, 2.75) is 31.1 Å². The minimum absolute atomic E-state index is 0.00595. The maximum Gasteiger partial charge on any atom is 0.255 e. The Morgan fingerprint density at radius 3 is 2.58 bits per heavy atom. The molecule has 2 fully saturated rings. The Labute approximate surface area is 207 Å². The molecule has 2 saturated carbocycles. The van der Waals surface area contributed by atoms with Crippen molar-refractivity contribution in [1.82, 2.24) is 10.2 Å². The second-order valence-electron chi connectivity index (χ2n) is 9.40. The van der Waals surface area contributed by atoms with Crippen LogP contribution in [0.25, 0.3) is 10.9 Å². The van der Waals surface area contributed by atoms with Crippen molar-refractivity contribution in [2.24, 2.45) is 5.92 Å². The Balaban J connectivity index is 1.15. The van der Waals surface area contributed by atoms with E-state index in [4.69, 9.17) is 4.74 Å². The van der Waals surface area contributed by atoms with Crippen molar-refractivity contribution < 1.29 is 14.3 Å². The van der Waals surface area contributed by atoms with E-state index in [9.17, 15) is 14.9 Å². The van der Waals surface area contributed by atoms with Gasteiger partial charge in [0.05, 0.1) is 17.0 Å². The first-order valence-corrected chi connectivity index (χ1v) is 11.9. The van der Waals surface area contributed by atoms with Gasteiger partial charge in [-0.15, -0.1) is 0 Å². The summed E-state index contributed by atoms with van der Waals surface area (Å²) in [5, 5.41) is 23.2. The number of rotatable bonds is 7. The number of ether oxygens (including phenoxy) is 1. The van der Waals surface area contributed by atoms with Crippen LogP contribution in [-0.2, 0) is 10.2 Å². The molecular weight excluding hydrogens is 454 g/mol. The predicted molar refractivity (Wildman–Crippen MR) is 135 cm³/mol. The molecule has 2 aliphatic carbocycles. The van der Waals surface area contributed by atoms with E-state index in [1.165, 1.54) is 0 Å². The van der Waals surface area contributed by atoms with Gasteiger partial charge in [-0.2, -0.15) is 10.4 Å². The van der Waals surface area contributed by atoms with E-state index in [0.29, 0.717) is 28.6 Å². The van der Waals surface area contributed by atoms with E-state index in [1.54, 1.807) is 36.4 Å². The standard InChI is InChI=1S/C28H23N5O3/c29-16-28(11-12-28)19-4-1-3-18(13-19)27(35)30-20-5-2-6-21(14-20)36-22-9-10-23-24(15-22)32-33-25(23)31-26(34)17-7-8-17/h1-6,9-10,13-15,17H,7-8,11-12H2,(H,30,35)(H2,31,32,33,34). The van der Waals surface area contributed by atoms with Gasteiger partial charge in [0.25, 0.3) is 5.91 Å². The average Bonchev–Trinajstić information content (AvgIpc) is 3.82. The van der Waals surface area contributed by atoms with Crippen molar-refractivity contribution in [3.63, 3.8) is 0 Å². The molecule has 8 nitrogen and oxygen atoms in total. The third kappa shape index (κ3) is 4.27. The van der Waals surface area contributed by atoms with Gasteiger partial charge >= 0.3 is 0 Å². The fourth-order valence-electron chi connectivity index (χ4n) is 4.25. The number of nitrogens with one attached hydrogen (secondary N) is 3. The number of carbonyl (C=O) groups excluding carboxylic acids is 2. The van der Waals surface area contributed by atoms with E-state index in [-0.39, 0.29) is 17.7 Å². The zero-order valence-electron chi connectivity index (χ0n) is 19.4. The molecule has 8 heteroatoms. The van der Waals surface area contributed by atoms with E-state index >= 15 is 0 Å². The number of hydrogen-bond donors (Lipinski definition) is 3. The Kier molecular flexibility index (Phi) is 5.19. The average molecular weight is 478 g/mol. The third-order valence-electron chi connectivity index (χ3n) is 6.69. The number of nitrogens with zero attached hydrogens (tertiary/aromatic N) is 2. The van der Waals surface area contributed by atoms with Crippen LogP contribution in [0, 0.1) is 17.2 Å². The molecule has 4 aromatic rings. The van der Waals surface area contributed by atoms with Crippen molar-refractivity contribution in [2.75, 3.05) is 10.6 Å². The van der Waals surface area contributed by atoms with Crippen LogP contribution in [-0.4, -0.2) is 22.0 Å². The summed E-state index contributed by atoms with van der Waals surface area (Å²) in [5.41, 5.74) is 2.29. The van der Waals surface area contributed by atoms with Crippen LogP contribution in [0.5, 0.6) is 11.5 Å². The molecule has 0 atom stereocenters. The van der Waals surface area contributed by atoms with E-state index in [1.807, 2.05) is 30.3 Å². The molecule has 0 spiro atoms. The first-order valence-electron chi connectivity index (χ1n) is 11.9. The predicted octanol–water partition coefficient (Wildman–Crippen LogP) is 5.51. The number of amides is 2. The first kappa shape index (κ1) is 21.9. The summed E-state index contributed by atoms with van der Waals surface area (Å²) in [6.07, 6.45) is 3.52. The van der Waals surface area contributed by atoms with Crippen LogP contribution in [0.1, 0.15) is 41.6 Å². The summed E-state index contributed by atoms with van der Waals surface area (Å²) >= 11 is 0. The fourth-order valence-corrected chi connectivity index (χ4v) is 4.25. The number of aromatic amines is 1. The first-order chi connectivity index (χ1) is 17.5. The monoisotopic (exact) mass is 477 g/mol. The number of benzene rings is 3. The zero-order valence-corrected chi connectivity index (χ0v) is 19.4. The molecule has 0 unspecified atom stereocenters. The van der Waals surface area contributed by atoms with E-state index in [0.717, 1.165) is 42.1 Å². The van der Waals surface area contributed by atoms with Gasteiger partial charge in [-0.1, -0.05) is 18.2 Å². The lowest BCUT2D eigenvalue weighted by atomic mass is 9.96. The lowest BCUT2D eigenvalue weighted by Gasteiger charge is -2.11. The van der Waals surface area contributed by atoms with E-state index < -0.39 is 5.41 Å². The summed E-state index contributed by atoms with van der Waals surface area (Å²) in [4.78, 5) is 24.9. The number of carbonyl (C=O) groups is 2. The normalized spacial score (nSPS) is 15.6. The maximum atomic E-state index is 12.9. The molecule has 6 rings (SSSR count). The van der Waals surface area contributed by atoms with Crippen LogP contribution in [0.4, 0.5) is 11.5 Å². The molecule has 0 bridgehead atoms. The second-order valence-corrected chi connectivity index (χ2v) is 9.40. The molecular formula is C28H23N5O3. The lowest BCUT2D eigenvalue weighted by Crippen LogP contribution is -2.13. The third-order valence-corrected chi connectivity index (χ3v) is 6.69. The van der Waals surface area contributed by atoms with Gasteiger partial charge in [0, 0.05) is 34.7 Å². The molecule has 2 amide bonds. The molecule has 2 aliphatic rings. The van der Waals surface area contributed by atoms with Crippen LogP contribution >= 0.6 is 0 Å². The summed E-state index contributed by atoms with van der Waals surface area (Å²) in [7, 11) is 0. The van der Waals surface area contributed by atoms with Gasteiger partial charge in [-0.3, -0.25) is 14.7 Å². The number of nitriles is 1. The molecule has 0 radical (unpaired) electrons. The molecule has 1 heterocycles. The minimum Gasteiger partial charge on any atom is -0.457 e. The largest absolute Gasteiger partial charge is 0.457 e. The molecule has 3 aromatic carbocycles. The number of hydrogen-bond acceptors (Lipinski definition) is 5. The maximum absolute atomic E-state index is 12.9. The van der Waals surface area contributed by atoms with Crippen LogP contribution in [0.15, 0.2) is 66.7 Å². The van der Waals surface area contributed by atoms with Gasteiger partial charge in [-0.25, -0.2) is 0 Å². The van der Waals surface area contributed by atoms with Gasteiger partial charge in [0.15, 0.2) is 5.82 Å². The van der Waals surface area contributed by atoms with Crippen LogP contribution in [0.2, 0.25) is 0 Å². The molecule has 3 N–H and O–H groups in total. The van der Waals surface area contributed by atoms with Crippen molar-refractivity contribution >= 4 is 34.2 Å². The Hall–Kier alpha value is -4.64. The van der Waals surface area contributed by atoms with Crippen molar-refractivity contribution in [3.8, 4) is 17.6 Å². The van der Waals surface area contributed by atoms with E-state index in [2.05, 4.69) is 26.9 Å². The number of H-pyrrole nitrogens is 1. The Morgan fingerprint density at radius 2 is 1.81 bits per heavy atom. The highest BCUT2D eigenvalue weighted by atomic mass is 16.5. The zero-order chi connectivity index (χ0) is 24.7. The van der Waals surface area contributed by atoms with Gasteiger partial charge < -0.3 is 15.4 Å². The highest BCUT2D eigenvalue weighted by Crippen LogP contribution is 2.47. The second kappa shape index (κ2) is 8.54. The van der Waals surface area contributed by atoms with Gasteiger partial charge in [-0.05, 0) is 67.6 Å². The lowest BCUT2D eigenvalue weighted by molar-refractivity contribution is -0.117. The molecule has 0 aliphatic heterocycles. The minimum atomic E-state index is -0.441. The van der Waals surface area contributed by atoms with Crippen LogP contribution < -0.4 is 15.4 Å². The topological polar surface area (TPSA) is 120 Å². The SMILES string of the molecule is N#CC1(c2cccc(C(=O)Nc3cccc(Oc4ccc5c(NC(=O)C6CC6)n[nH]c5c4)c3)c2)CC1. The number of aromatic nitrogens is 2. The van der Waals surface area contributed by atoms with Gasteiger partial charge in [0.2, 0.25) is 5.91 Å². The number of anilines is 2. The van der Waals surface area contributed by atoms with Crippen molar-refractivity contribution in [1.29, 1.82) is 5.26 Å². The molecule has 0 saturated heterocycles. The van der Waals surface area contributed by atoms with Crippen LogP contribution in [0.3, 0.4) is 0 Å². The van der Waals surface area contributed by atoms with Gasteiger partial charge in [0.1, 0.15) is 11.5 Å². The Morgan fingerprint density at radius 1 is 1.00 bits per heavy atom. The Bertz CT molecular complexity index is 1540. The summed E-state index contributed by atoms with van der Waals surface area (Å²) < 4.78 is 6.02. The fraction of sp³-hybridized carbons (Fsp3) is 0.214. The smallest absolute Gasteiger partial charge is 0.255 e. The summed E-state index contributed by atoms with van der Waals surface area (Å²) in [6, 6.07) is 22.3. The quantitative estimate of drug-likeness (QED) is 0.324. The summed E-state index contributed by atoms with van der Waals surface area (Å²) in [6.45, 7) is 0. The highest BCUT2D eigenvalue weighted by molar-refractivity contribution is 6.04. The highest BCUT2D eigenvalue weighted by Gasteiger charge is 2.45. The summed E-state index contributed by atoms with van der Waals surface area (Å²) in [5.74, 6) is 1.53. The number of fused-ring (bicyclic) bond motifs is 1.